The van der Waals surface area contributed by atoms with Gasteiger partial charge in [0, 0.05) is 16.5 Å². The molecule has 32 heavy (non-hydrogen) atoms. The Hall–Kier alpha value is -3.58. The molecule has 3 aromatic carbocycles. The van der Waals surface area contributed by atoms with E-state index >= 15 is 0 Å². The summed E-state index contributed by atoms with van der Waals surface area (Å²) in [6.45, 7) is 2.07. The van der Waals surface area contributed by atoms with Crippen LogP contribution in [0.4, 0.5) is 0 Å². The minimum atomic E-state index is -0.462. The molecule has 2 heterocycles. The molecule has 160 valence electrons. The maximum atomic E-state index is 13.2. The van der Waals surface area contributed by atoms with Gasteiger partial charge in [-0.1, -0.05) is 71.9 Å². The van der Waals surface area contributed by atoms with Crippen LogP contribution in [0, 0.1) is 6.92 Å². The molecule has 6 nitrogen and oxygen atoms in total. The predicted octanol–water partition coefficient (Wildman–Crippen LogP) is 3.08. The zero-order chi connectivity index (χ0) is 22.1. The van der Waals surface area contributed by atoms with Crippen molar-refractivity contribution in [1.82, 2.24) is 10.3 Å². The number of thioether (sulfide) groups is 1. The molecule has 0 saturated heterocycles. The number of hydrazone groups is 1. The van der Waals surface area contributed by atoms with E-state index in [0.717, 1.165) is 21.9 Å². The average Bonchev–Trinajstić information content (AvgIpc) is 2.83. The molecule has 0 bridgehead atoms. The molecule has 1 amide bonds. The number of aryl methyl sites for hydroxylation is 1. The first-order chi connectivity index (χ1) is 15.6. The molecule has 0 aromatic heterocycles. The van der Waals surface area contributed by atoms with Crippen molar-refractivity contribution in [3.63, 3.8) is 0 Å². The Balaban J connectivity index is 1.55. The van der Waals surface area contributed by atoms with Crippen LogP contribution in [-0.4, -0.2) is 23.2 Å². The fourth-order valence-corrected chi connectivity index (χ4v) is 4.55. The van der Waals surface area contributed by atoms with Crippen LogP contribution < -0.4 is 20.6 Å². The first kappa shape index (κ1) is 20.3. The van der Waals surface area contributed by atoms with Crippen LogP contribution in [0.5, 0.6) is 5.75 Å². The highest BCUT2D eigenvalue weighted by Gasteiger charge is 2.34. The highest BCUT2D eigenvalue weighted by Crippen LogP contribution is 2.32. The molecule has 2 aliphatic heterocycles. The number of fused-ring (bicyclic) bond motifs is 2. The molecular weight excluding hydrogens is 420 g/mol. The summed E-state index contributed by atoms with van der Waals surface area (Å²) in [5.74, 6) is 1.26. The summed E-state index contributed by atoms with van der Waals surface area (Å²) in [7, 11) is 1.64. The van der Waals surface area contributed by atoms with E-state index in [9.17, 15) is 4.79 Å². The largest absolute Gasteiger partial charge is 0.497 e. The molecule has 0 fully saturated rings. The number of nitrogens with zero attached hydrogens (tertiary/aromatic N) is 3. The number of carbonyl (C=O) groups excluding carboxylic acids is 1. The standard InChI is InChI=1S/C25H22N4O2S/c1-16-10-12-17(13-11-16)15-32-25-27-24(30)22-20-8-3-4-9-21(20)26-23(29(22)28-25)18-6-5-7-19(14-18)31-2/h3-14,23H,15H2,1-2H3,(H,27,28,30)/t23-/m0/s1. The molecule has 0 aliphatic carbocycles. The van der Waals surface area contributed by atoms with Crippen molar-refractivity contribution in [1.29, 1.82) is 0 Å². The van der Waals surface area contributed by atoms with E-state index in [1.54, 1.807) is 12.1 Å². The van der Waals surface area contributed by atoms with Crippen LogP contribution in [0.3, 0.4) is 0 Å². The fraction of sp³-hybridized carbons (Fsp3) is 0.160. The highest BCUT2D eigenvalue weighted by molar-refractivity contribution is 8.13. The van der Waals surface area contributed by atoms with Gasteiger partial charge in [0.25, 0.3) is 5.91 Å². The molecule has 0 saturated carbocycles. The summed E-state index contributed by atoms with van der Waals surface area (Å²) in [5, 5.41) is 11.6. The van der Waals surface area contributed by atoms with Gasteiger partial charge in [0.15, 0.2) is 11.3 Å². The van der Waals surface area contributed by atoms with Crippen LogP contribution >= 0.6 is 11.8 Å². The second kappa shape index (κ2) is 8.51. The number of hydrogen-bond acceptors (Lipinski definition) is 6. The third-order valence-electron chi connectivity index (χ3n) is 5.40. The summed E-state index contributed by atoms with van der Waals surface area (Å²) in [5.41, 5.74) is 3.79. The lowest BCUT2D eigenvalue weighted by molar-refractivity contribution is -0.116. The van der Waals surface area contributed by atoms with Gasteiger partial charge in [0.2, 0.25) is 0 Å². The van der Waals surface area contributed by atoms with Gasteiger partial charge in [-0.15, -0.1) is 5.10 Å². The second-order valence-electron chi connectivity index (χ2n) is 7.62. The SMILES string of the molecule is COc1cccc([C@H]2N=c3ccccc3=C3C(=O)NC(SCc4ccc(C)cc4)=NN32)c1. The Morgan fingerprint density at radius 1 is 1.06 bits per heavy atom. The van der Waals surface area contributed by atoms with E-state index in [1.807, 2.05) is 48.5 Å². The average molecular weight is 443 g/mol. The Bertz CT molecular complexity index is 1330. The molecule has 5 rings (SSSR count). The molecule has 0 unspecified atom stereocenters. The molecule has 1 atom stereocenters. The molecule has 0 radical (unpaired) electrons. The lowest BCUT2D eigenvalue weighted by atomic mass is 10.1. The third-order valence-corrected chi connectivity index (χ3v) is 6.34. The van der Waals surface area contributed by atoms with E-state index in [1.165, 1.54) is 22.9 Å². The molecule has 7 heteroatoms. The number of hydrogen-bond donors (Lipinski definition) is 1. The van der Waals surface area contributed by atoms with Gasteiger partial charge in [-0.2, -0.15) is 0 Å². The minimum Gasteiger partial charge on any atom is -0.497 e. The first-order valence-electron chi connectivity index (χ1n) is 10.3. The zero-order valence-corrected chi connectivity index (χ0v) is 18.6. The summed E-state index contributed by atoms with van der Waals surface area (Å²) in [6, 6.07) is 23.7. The van der Waals surface area contributed by atoms with Gasteiger partial charge in [0.1, 0.15) is 11.4 Å². The monoisotopic (exact) mass is 442 g/mol. The third kappa shape index (κ3) is 3.87. The van der Waals surface area contributed by atoms with Crippen LogP contribution in [0.25, 0.3) is 5.70 Å². The number of rotatable bonds is 4. The quantitative estimate of drug-likeness (QED) is 0.674. The predicted molar refractivity (Wildman–Crippen MR) is 126 cm³/mol. The second-order valence-corrected chi connectivity index (χ2v) is 8.59. The Morgan fingerprint density at radius 2 is 1.88 bits per heavy atom. The summed E-state index contributed by atoms with van der Waals surface area (Å²) < 4.78 is 5.40. The number of benzene rings is 3. The van der Waals surface area contributed by atoms with Gasteiger partial charge < -0.3 is 4.74 Å². The molecule has 3 aromatic rings. The van der Waals surface area contributed by atoms with Gasteiger partial charge in [-0.3, -0.25) is 15.1 Å². The topological polar surface area (TPSA) is 66.3 Å². The van der Waals surface area contributed by atoms with Gasteiger partial charge in [0.05, 0.1) is 12.5 Å². The molecular formula is C25H22N4O2S. The molecule has 2 aliphatic rings. The van der Waals surface area contributed by atoms with E-state index in [-0.39, 0.29) is 5.91 Å². The molecule has 1 N–H and O–H groups in total. The normalized spacial score (nSPS) is 17.0. The lowest BCUT2D eigenvalue weighted by Gasteiger charge is -2.34. The van der Waals surface area contributed by atoms with Crippen LogP contribution in [-0.2, 0) is 10.5 Å². The number of ether oxygens (including phenoxy) is 1. The molecule has 0 spiro atoms. The van der Waals surface area contributed by atoms with Crippen molar-refractivity contribution in [2.45, 2.75) is 18.8 Å². The minimum absolute atomic E-state index is 0.179. The first-order valence-corrected chi connectivity index (χ1v) is 11.3. The van der Waals surface area contributed by atoms with Crippen molar-refractivity contribution in [3.05, 3.63) is 100 Å². The number of para-hydroxylation sites is 1. The van der Waals surface area contributed by atoms with Crippen molar-refractivity contribution >= 4 is 28.5 Å². The summed E-state index contributed by atoms with van der Waals surface area (Å²) in [6.07, 6.45) is -0.462. The Morgan fingerprint density at radius 3 is 2.69 bits per heavy atom. The van der Waals surface area contributed by atoms with Crippen molar-refractivity contribution < 1.29 is 9.53 Å². The van der Waals surface area contributed by atoms with Crippen LogP contribution in [0.2, 0.25) is 0 Å². The number of amidine groups is 1. The fourth-order valence-electron chi connectivity index (χ4n) is 3.75. The number of carbonyl (C=O) groups is 1. The van der Waals surface area contributed by atoms with Gasteiger partial charge in [-0.25, -0.2) is 5.01 Å². The maximum absolute atomic E-state index is 13.2. The van der Waals surface area contributed by atoms with Crippen molar-refractivity contribution in [3.8, 4) is 5.75 Å². The van der Waals surface area contributed by atoms with Gasteiger partial charge >= 0.3 is 0 Å². The van der Waals surface area contributed by atoms with Crippen molar-refractivity contribution in [2.75, 3.05) is 7.11 Å². The summed E-state index contributed by atoms with van der Waals surface area (Å²) in [4.78, 5) is 18.1. The zero-order valence-electron chi connectivity index (χ0n) is 17.8. The number of methoxy groups -OCH3 is 1. The number of amides is 1. The van der Waals surface area contributed by atoms with E-state index in [0.29, 0.717) is 16.6 Å². The maximum Gasteiger partial charge on any atom is 0.276 e. The van der Waals surface area contributed by atoms with E-state index in [4.69, 9.17) is 14.8 Å². The smallest absolute Gasteiger partial charge is 0.276 e. The highest BCUT2D eigenvalue weighted by atomic mass is 32.2. The lowest BCUT2D eigenvalue weighted by Crippen LogP contribution is -2.50. The summed E-state index contributed by atoms with van der Waals surface area (Å²) >= 11 is 1.50. The van der Waals surface area contributed by atoms with Crippen molar-refractivity contribution in [2.24, 2.45) is 10.1 Å². The van der Waals surface area contributed by atoms with Gasteiger partial charge in [-0.05, 0) is 30.7 Å². The van der Waals surface area contributed by atoms with Crippen LogP contribution in [0.1, 0.15) is 22.9 Å². The van der Waals surface area contributed by atoms with Crippen LogP contribution in [0.15, 0.2) is 82.9 Å². The van der Waals surface area contributed by atoms with E-state index < -0.39 is 6.17 Å². The van der Waals surface area contributed by atoms with E-state index in [2.05, 4.69) is 36.5 Å². The Labute approximate surface area is 190 Å². The Kier molecular flexibility index (Phi) is 5.41. The number of nitrogens with one attached hydrogen (secondary N) is 1.